The van der Waals surface area contributed by atoms with Gasteiger partial charge in [-0.15, -0.1) is 0 Å². The number of benzene rings is 2. The number of hydrogen-bond donors (Lipinski definition) is 1. The number of nitrogens with zero attached hydrogens (tertiary/aromatic N) is 2. The van der Waals surface area contributed by atoms with E-state index in [9.17, 15) is 4.39 Å². The highest BCUT2D eigenvalue weighted by Gasteiger charge is 2.48. The second-order valence-corrected chi connectivity index (χ2v) is 7.22. The van der Waals surface area contributed by atoms with E-state index in [1.165, 1.54) is 0 Å². The molecular formula is C19H19BrFN3O. The average Bonchev–Trinajstić information content (AvgIpc) is 3.01. The molecular weight excluding hydrogens is 385 g/mol. The molecule has 25 heavy (non-hydrogen) atoms. The number of aliphatic imine (C=N–C) groups is 1. The second-order valence-electron chi connectivity index (χ2n) is 6.31. The highest BCUT2D eigenvalue weighted by atomic mass is 79.9. The standard InChI is InChI=1S/C19H19BrFN3O/c1-25-17-7-5-13(6-8-17)19(14-3-2-4-15(20)9-14)18-22-10-16(21)11-24(18)12-23-19/h2-9,16,23H,10-12H2,1H3. The van der Waals surface area contributed by atoms with Gasteiger partial charge in [-0.05, 0) is 35.4 Å². The van der Waals surface area contributed by atoms with Crippen molar-refractivity contribution >= 4 is 21.8 Å². The van der Waals surface area contributed by atoms with Crippen molar-refractivity contribution in [2.45, 2.75) is 11.7 Å². The lowest BCUT2D eigenvalue weighted by atomic mass is 9.82. The van der Waals surface area contributed by atoms with E-state index in [1.54, 1.807) is 7.11 Å². The van der Waals surface area contributed by atoms with Crippen molar-refractivity contribution < 1.29 is 9.13 Å². The van der Waals surface area contributed by atoms with Gasteiger partial charge in [-0.2, -0.15) is 0 Å². The van der Waals surface area contributed by atoms with Crippen LogP contribution < -0.4 is 10.1 Å². The number of halogens is 2. The molecule has 130 valence electrons. The fourth-order valence-corrected chi connectivity index (χ4v) is 4.05. The molecule has 0 radical (unpaired) electrons. The van der Waals surface area contributed by atoms with Gasteiger partial charge >= 0.3 is 0 Å². The molecule has 0 aromatic heterocycles. The molecule has 4 nitrogen and oxygen atoms in total. The topological polar surface area (TPSA) is 36.9 Å². The average molecular weight is 404 g/mol. The third kappa shape index (κ3) is 2.73. The minimum absolute atomic E-state index is 0.208. The van der Waals surface area contributed by atoms with Crippen LogP contribution in [0.4, 0.5) is 4.39 Å². The van der Waals surface area contributed by atoms with Gasteiger partial charge in [0.2, 0.25) is 0 Å². The Hall–Kier alpha value is -1.92. The minimum Gasteiger partial charge on any atom is -0.497 e. The quantitative estimate of drug-likeness (QED) is 0.853. The molecule has 1 saturated heterocycles. The lowest BCUT2D eigenvalue weighted by molar-refractivity contribution is 0.253. The van der Waals surface area contributed by atoms with Crippen LogP contribution >= 0.6 is 15.9 Å². The van der Waals surface area contributed by atoms with E-state index in [-0.39, 0.29) is 6.54 Å². The van der Waals surface area contributed by atoms with Crippen molar-refractivity contribution in [2.75, 3.05) is 26.9 Å². The first kappa shape index (κ1) is 16.5. The monoisotopic (exact) mass is 403 g/mol. The van der Waals surface area contributed by atoms with Gasteiger partial charge in [0.25, 0.3) is 0 Å². The molecule has 2 atom stereocenters. The second kappa shape index (κ2) is 6.42. The Labute approximate surface area is 154 Å². The van der Waals surface area contributed by atoms with Crippen LogP contribution in [0, 0.1) is 0 Å². The third-order valence-electron chi connectivity index (χ3n) is 4.81. The van der Waals surface area contributed by atoms with Crippen molar-refractivity contribution in [1.29, 1.82) is 0 Å². The van der Waals surface area contributed by atoms with Crippen molar-refractivity contribution in [3.63, 3.8) is 0 Å². The van der Waals surface area contributed by atoms with E-state index >= 15 is 0 Å². The van der Waals surface area contributed by atoms with Crippen LogP contribution in [0.25, 0.3) is 0 Å². The van der Waals surface area contributed by atoms with E-state index in [2.05, 4.69) is 38.4 Å². The van der Waals surface area contributed by atoms with Crippen molar-refractivity contribution in [3.05, 3.63) is 64.1 Å². The molecule has 4 rings (SSSR count). The number of alkyl halides is 1. The van der Waals surface area contributed by atoms with Gasteiger partial charge in [-0.3, -0.25) is 10.3 Å². The summed E-state index contributed by atoms with van der Waals surface area (Å²) < 4.78 is 20.1. The Morgan fingerprint density at radius 1 is 1.24 bits per heavy atom. The minimum atomic E-state index is -0.917. The lowest BCUT2D eigenvalue weighted by Crippen LogP contribution is -2.47. The first-order valence-electron chi connectivity index (χ1n) is 8.23. The first-order chi connectivity index (χ1) is 12.1. The zero-order valence-corrected chi connectivity index (χ0v) is 15.5. The largest absolute Gasteiger partial charge is 0.497 e. The van der Waals surface area contributed by atoms with Crippen LogP contribution in [-0.2, 0) is 5.54 Å². The normalized spacial score (nSPS) is 25.5. The number of ether oxygens (including phenoxy) is 1. The fraction of sp³-hybridized carbons (Fsp3) is 0.316. The summed E-state index contributed by atoms with van der Waals surface area (Å²) in [5.74, 6) is 1.68. The van der Waals surface area contributed by atoms with Gasteiger partial charge in [0.1, 0.15) is 23.3 Å². The molecule has 0 aliphatic carbocycles. The van der Waals surface area contributed by atoms with E-state index in [4.69, 9.17) is 4.74 Å². The predicted octanol–water partition coefficient (Wildman–Crippen LogP) is 3.31. The number of hydrogen-bond acceptors (Lipinski definition) is 4. The predicted molar refractivity (Wildman–Crippen MR) is 99.8 cm³/mol. The zero-order chi connectivity index (χ0) is 17.4. The van der Waals surface area contributed by atoms with Gasteiger partial charge in [-0.1, -0.05) is 40.2 Å². The summed E-state index contributed by atoms with van der Waals surface area (Å²) in [6, 6.07) is 16.1. The number of methoxy groups -OCH3 is 1. The third-order valence-corrected chi connectivity index (χ3v) is 5.30. The molecule has 1 N–H and O–H groups in total. The van der Waals surface area contributed by atoms with Crippen LogP contribution in [0.1, 0.15) is 11.1 Å². The Balaban J connectivity index is 1.89. The number of rotatable bonds is 3. The molecule has 1 fully saturated rings. The molecule has 2 heterocycles. The van der Waals surface area contributed by atoms with Gasteiger partial charge in [-0.25, -0.2) is 4.39 Å². The Bertz CT molecular complexity index is 811. The van der Waals surface area contributed by atoms with Gasteiger partial charge < -0.3 is 9.64 Å². The summed E-state index contributed by atoms with van der Waals surface area (Å²) in [5.41, 5.74) is 1.55. The van der Waals surface area contributed by atoms with Gasteiger partial charge in [0.05, 0.1) is 26.9 Å². The smallest absolute Gasteiger partial charge is 0.137 e. The summed E-state index contributed by atoms with van der Waals surface area (Å²) in [6.45, 7) is 1.15. The Kier molecular flexibility index (Phi) is 4.25. The maximum Gasteiger partial charge on any atom is 0.137 e. The van der Waals surface area contributed by atoms with Crippen molar-refractivity contribution in [1.82, 2.24) is 10.2 Å². The van der Waals surface area contributed by atoms with Crippen molar-refractivity contribution in [3.8, 4) is 5.75 Å². The SMILES string of the molecule is COc1ccc(C2(c3cccc(Br)c3)NCN3CC(F)CN=C32)cc1. The number of amidine groups is 1. The molecule has 0 spiro atoms. The Morgan fingerprint density at radius 3 is 2.76 bits per heavy atom. The fourth-order valence-electron chi connectivity index (χ4n) is 3.65. The Morgan fingerprint density at radius 2 is 2.04 bits per heavy atom. The summed E-state index contributed by atoms with van der Waals surface area (Å²) in [4.78, 5) is 6.61. The molecule has 2 unspecified atom stereocenters. The van der Waals surface area contributed by atoms with Crippen LogP contribution in [0.5, 0.6) is 5.75 Å². The van der Waals surface area contributed by atoms with Crippen LogP contribution in [-0.4, -0.2) is 43.8 Å². The van der Waals surface area contributed by atoms with E-state index in [1.807, 2.05) is 41.3 Å². The highest BCUT2D eigenvalue weighted by molar-refractivity contribution is 9.10. The maximum atomic E-state index is 13.8. The molecule has 0 bridgehead atoms. The zero-order valence-electron chi connectivity index (χ0n) is 13.9. The number of fused-ring (bicyclic) bond motifs is 1. The van der Waals surface area contributed by atoms with Crippen LogP contribution in [0.15, 0.2) is 58.0 Å². The van der Waals surface area contributed by atoms with Crippen molar-refractivity contribution in [2.24, 2.45) is 4.99 Å². The molecule has 6 heteroatoms. The number of nitrogens with one attached hydrogen (secondary N) is 1. The van der Waals surface area contributed by atoms with E-state index < -0.39 is 11.7 Å². The van der Waals surface area contributed by atoms with Crippen LogP contribution in [0.3, 0.4) is 0 Å². The molecule has 2 aliphatic rings. The summed E-state index contributed by atoms with van der Waals surface area (Å²) in [7, 11) is 1.65. The molecule has 2 aliphatic heterocycles. The van der Waals surface area contributed by atoms with Crippen LogP contribution in [0.2, 0.25) is 0 Å². The molecule has 2 aromatic carbocycles. The lowest BCUT2D eigenvalue weighted by Gasteiger charge is -2.34. The summed E-state index contributed by atoms with van der Waals surface area (Å²) >= 11 is 3.57. The summed E-state index contributed by atoms with van der Waals surface area (Å²) in [5, 5.41) is 3.60. The first-order valence-corrected chi connectivity index (χ1v) is 9.02. The summed E-state index contributed by atoms with van der Waals surface area (Å²) in [6.07, 6.45) is -0.917. The molecule has 0 amide bonds. The molecule has 0 saturated carbocycles. The van der Waals surface area contributed by atoms with Gasteiger partial charge in [0.15, 0.2) is 0 Å². The van der Waals surface area contributed by atoms with Gasteiger partial charge in [0, 0.05) is 4.47 Å². The van der Waals surface area contributed by atoms with E-state index in [0.717, 1.165) is 27.2 Å². The highest BCUT2D eigenvalue weighted by Crippen LogP contribution is 2.38. The molecule has 2 aromatic rings. The van der Waals surface area contributed by atoms with E-state index in [0.29, 0.717) is 13.2 Å². The maximum absolute atomic E-state index is 13.8.